The summed E-state index contributed by atoms with van der Waals surface area (Å²) in [4.78, 5) is 15.8. The summed E-state index contributed by atoms with van der Waals surface area (Å²) in [5.74, 6) is 0. The Hall–Kier alpha value is -1.85. The molecule has 0 fully saturated rings. The SMILES string of the molecule is Cc1cc(C(N)c2ccc3c(c2)CN(C)C(=O)N3)sc1C. The largest absolute Gasteiger partial charge is 0.323 e. The first-order valence-corrected chi connectivity index (χ1v) is 7.75. The molecule has 2 heterocycles. The Labute approximate surface area is 128 Å². The third-order valence-corrected chi connectivity index (χ3v) is 5.21. The van der Waals surface area contributed by atoms with E-state index in [9.17, 15) is 4.79 Å². The van der Waals surface area contributed by atoms with E-state index in [-0.39, 0.29) is 12.1 Å². The first-order chi connectivity index (χ1) is 9.95. The highest BCUT2D eigenvalue weighted by Crippen LogP contribution is 2.32. The number of rotatable bonds is 2. The van der Waals surface area contributed by atoms with Crippen LogP contribution in [0.25, 0.3) is 0 Å². The van der Waals surface area contributed by atoms with E-state index >= 15 is 0 Å². The van der Waals surface area contributed by atoms with Gasteiger partial charge in [0.15, 0.2) is 0 Å². The van der Waals surface area contributed by atoms with E-state index in [1.807, 2.05) is 12.1 Å². The molecular weight excluding hydrogens is 282 g/mol. The normalized spacial score (nSPS) is 15.6. The second-order valence-electron chi connectivity index (χ2n) is 5.57. The van der Waals surface area contributed by atoms with Crippen molar-refractivity contribution in [1.82, 2.24) is 4.90 Å². The number of thiophene rings is 1. The molecule has 21 heavy (non-hydrogen) atoms. The summed E-state index contributed by atoms with van der Waals surface area (Å²) in [6.07, 6.45) is 0. The maximum Gasteiger partial charge on any atom is 0.321 e. The highest BCUT2D eigenvalue weighted by molar-refractivity contribution is 7.12. The van der Waals surface area contributed by atoms with E-state index in [2.05, 4.69) is 31.3 Å². The molecule has 0 saturated heterocycles. The van der Waals surface area contributed by atoms with Gasteiger partial charge < -0.3 is 16.0 Å². The van der Waals surface area contributed by atoms with Crippen LogP contribution >= 0.6 is 11.3 Å². The van der Waals surface area contributed by atoms with Gasteiger partial charge in [0.25, 0.3) is 0 Å². The monoisotopic (exact) mass is 301 g/mol. The van der Waals surface area contributed by atoms with Crippen molar-refractivity contribution in [3.05, 3.63) is 50.7 Å². The number of carbonyl (C=O) groups is 1. The Morgan fingerprint density at radius 3 is 2.76 bits per heavy atom. The number of nitrogens with one attached hydrogen (secondary N) is 1. The minimum atomic E-state index is -0.115. The summed E-state index contributed by atoms with van der Waals surface area (Å²) < 4.78 is 0. The van der Waals surface area contributed by atoms with Gasteiger partial charge in [-0.1, -0.05) is 6.07 Å². The standard InChI is InChI=1S/C16H19N3OS/c1-9-6-14(21-10(9)2)15(17)11-4-5-13-12(7-11)8-19(3)16(20)18-13/h4-7,15H,8,17H2,1-3H3,(H,18,20). The van der Waals surface area contributed by atoms with Crippen molar-refractivity contribution in [2.24, 2.45) is 5.73 Å². The number of aryl methyl sites for hydroxylation is 2. The lowest BCUT2D eigenvalue weighted by molar-refractivity contribution is 0.218. The Morgan fingerprint density at radius 2 is 2.10 bits per heavy atom. The van der Waals surface area contributed by atoms with Crippen molar-refractivity contribution in [2.75, 3.05) is 12.4 Å². The number of hydrogen-bond donors (Lipinski definition) is 2. The molecule has 1 unspecified atom stereocenters. The van der Waals surface area contributed by atoms with Gasteiger partial charge in [-0.3, -0.25) is 0 Å². The average molecular weight is 301 g/mol. The van der Waals surface area contributed by atoms with Crippen molar-refractivity contribution >= 4 is 23.1 Å². The van der Waals surface area contributed by atoms with E-state index in [1.165, 1.54) is 15.3 Å². The van der Waals surface area contributed by atoms with Gasteiger partial charge in [-0.15, -0.1) is 11.3 Å². The zero-order chi connectivity index (χ0) is 15.1. The summed E-state index contributed by atoms with van der Waals surface area (Å²) in [6.45, 7) is 4.84. The molecule has 2 aromatic rings. The van der Waals surface area contributed by atoms with Crippen LogP contribution in [0.2, 0.25) is 0 Å². The van der Waals surface area contributed by atoms with Crippen LogP contribution in [0, 0.1) is 13.8 Å². The fraction of sp³-hybridized carbons (Fsp3) is 0.312. The van der Waals surface area contributed by atoms with Crippen LogP contribution in [-0.2, 0) is 6.54 Å². The molecule has 0 spiro atoms. The lowest BCUT2D eigenvalue weighted by atomic mass is 10.0. The Bertz CT molecular complexity index is 688. The molecule has 0 saturated carbocycles. The van der Waals surface area contributed by atoms with E-state index in [0.29, 0.717) is 6.54 Å². The predicted molar refractivity (Wildman–Crippen MR) is 86.8 cm³/mol. The molecule has 5 heteroatoms. The van der Waals surface area contributed by atoms with E-state index in [0.717, 1.165) is 16.8 Å². The van der Waals surface area contributed by atoms with Crippen molar-refractivity contribution in [3.8, 4) is 0 Å². The quantitative estimate of drug-likeness (QED) is 0.893. The lowest BCUT2D eigenvalue weighted by Crippen LogP contribution is -2.35. The van der Waals surface area contributed by atoms with Crippen molar-refractivity contribution in [1.29, 1.82) is 0 Å². The molecule has 3 rings (SSSR count). The molecule has 3 N–H and O–H groups in total. The molecule has 1 aromatic heterocycles. The number of amides is 2. The van der Waals surface area contributed by atoms with Crippen molar-refractivity contribution < 1.29 is 4.79 Å². The molecule has 4 nitrogen and oxygen atoms in total. The topological polar surface area (TPSA) is 58.4 Å². The van der Waals surface area contributed by atoms with Crippen molar-refractivity contribution in [2.45, 2.75) is 26.4 Å². The van der Waals surface area contributed by atoms with Gasteiger partial charge in [0.1, 0.15) is 0 Å². The smallest absolute Gasteiger partial charge is 0.321 e. The molecule has 1 aliphatic heterocycles. The molecular formula is C16H19N3OS. The molecule has 110 valence electrons. The zero-order valence-corrected chi connectivity index (χ0v) is 13.3. The number of urea groups is 1. The Balaban J connectivity index is 1.93. The minimum Gasteiger partial charge on any atom is -0.323 e. The van der Waals surface area contributed by atoms with Crippen LogP contribution in [0.3, 0.4) is 0 Å². The van der Waals surface area contributed by atoms with Gasteiger partial charge in [0.2, 0.25) is 0 Å². The van der Waals surface area contributed by atoms with Crippen LogP contribution < -0.4 is 11.1 Å². The predicted octanol–water partition coefficient (Wildman–Crippen LogP) is 3.39. The minimum absolute atomic E-state index is 0.0657. The second-order valence-corrected chi connectivity index (χ2v) is 6.86. The Morgan fingerprint density at radius 1 is 1.33 bits per heavy atom. The highest BCUT2D eigenvalue weighted by Gasteiger charge is 2.21. The van der Waals surface area contributed by atoms with Gasteiger partial charge >= 0.3 is 6.03 Å². The van der Waals surface area contributed by atoms with E-state index in [4.69, 9.17) is 5.73 Å². The summed E-state index contributed by atoms with van der Waals surface area (Å²) >= 11 is 1.75. The van der Waals surface area contributed by atoms with E-state index < -0.39 is 0 Å². The number of hydrogen-bond acceptors (Lipinski definition) is 3. The third-order valence-electron chi connectivity index (χ3n) is 3.98. The fourth-order valence-corrected chi connectivity index (χ4v) is 3.59. The van der Waals surface area contributed by atoms with E-state index in [1.54, 1.807) is 23.3 Å². The molecule has 0 radical (unpaired) electrons. The number of nitrogens with two attached hydrogens (primary N) is 1. The summed E-state index contributed by atoms with van der Waals surface area (Å²) in [6, 6.07) is 8.03. The van der Waals surface area contributed by atoms with Crippen LogP contribution in [0.4, 0.5) is 10.5 Å². The fourth-order valence-electron chi connectivity index (χ4n) is 2.52. The van der Waals surface area contributed by atoms with Gasteiger partial charge in [0.05, 0.1) is 6.04 Å². The van der Waals surface area contributed by atoms with Crippen LogP contribution in [0.1, 0.15) is 32.5 Å². The summed E-state index contributed by atoms with van der Waals surface area (Å²) in [5.41, 5.74) is 10.8. The summed E-state index contributed by atoms with van der Waals surface area (Å²) in [5, 5.41) is 2.88. The number of benzene rings is 1. The van der Waals surface area contributed by atoms with Gasteiger partial charge in [-0.2, -0.15) is 0 Å². The Kier molecular flexibility index (Phi) is 3.47. The van der Waals surface area contributed by atoms with Gasteiger partial charge in [-0.05, 0) is 48.7 Å². The second kappa shape index (κ2) is 5.16. The first-order valence-electron chi connectivity index (χ1n) is 6.93. The average Bonchev–Trinajstić information content (AvgIpc) is 2.79. The van der Waals surface area contributed by atoms with Gasteiger partial charge in [0, 0.05) is 29.0 Å². The van der Waals surface area contributed by atoms with Crippen LogP contribution in [0.5, 0.6) is 0 Å². The number of anilines is 1. The highest BCUT2D eigenvalue weighted by atomic mass is 32.1. The van der Waals surface area contributed by atoms with Gasteiger partial charge in [-0.25, -0.2) is 4.79 Å². The maximum atomic E-state index is 11.6. The molecule has 1 aromatic carbocycles. The molecule has 1 atom stereocenters. The zero-order valence-electron chi connectivity index (χ0n) is 12.4. The number of carbonyl (C=O) groups excluding carboxylic acids is 1. The number of nitrogens with zero attached hydrogens (tertiary/aromatic N) is 1. The lowest BCUT2D eigenvalue weighted by Gasteiger charge is -2.26. The first kappa shape index (κ1) is 14.1. The van der Waals surface area contributed by atoms with Crippen LogP contribution in [-0.4, -0.2) is 18.0 Å². The maximum absolute atomic E-state index is 11.6. The van der Waals surface area contributed by atoms with Crippen LogP contribution in [0.15, 0.2) is 24.3 Å². The molecule has 0 bridgehead atoms. The molecule has 2 amide bonds. The number of fused-ring (bicyclic) bond motifs is 1. The third kappa shape index (κ3) is 2.54. The summed E-state index contributed by atoms with van der Waals surface area (Å²) in [7, 11) is 1.79. The van der Waals surface area contributed by atoms with Crippen molar-refractivity contribution in [3.63, 3.8) is 0 Å². The molecule has 1 aliphatic rings. The molecule has 0 aliphatic carbocycles.